The van der Waals surface area contributed by atoms with Crippen LogP contribution >= 0.6 is 0 Å². The topological polar surface area (TPSA) is 66.8 Å². The van der Waals surface area contributed by atoms with Crippen molar-refractivity contribution in [2.24, 2.45) is 5.92 Å². The Labute approximate surface area is 123 Å². The number of H-pyrrole nitrogens is 1. The molecule has 6 nitrogen and oxygen atoms in total. The predicted octanol–water partition coefficient (Wildman–Crippen LogP) is 1.86. The van der Waals surface area contributed by atoms with Crippen LogP contribution < -0.4 is 10.5 Å². The van der Waals surface area contributed by atoms with Gasteiger partial charge in [0.25, 0.3) is 5.56 Å². The first kappa shape index (κ1) is 12.9. The van der Waals surface area contributed by atoms with Crippen LogP contribution in [-0.2, 0) is 5.54 Å². The molecule has 21 heavy (non-hydrogen) atoms. The highest BCUT2D eigenvalue weighted by atomic mass is 16.1. The molecule has 0 spiro atoms. The normalized spacial score (nSPS) is 25.2. The molecular weight excluding hydrogens is 266 g/mol. The van der Waals surface area contributed by atoms with Gasteiger partial charge in [0, 0.05) is 12.6 Å². The fraction of sp³-hybridized carbons (Fsp3) is 0.667. The highest BCUT2D eigenvalue weighted by Crippen LogP contribution is 2.38. The molecule has 0 radical (unpaired) electrons. The second-order valence-corrected chi connectivity index (χ2v) is 7.34. The van der Waals surface area contributed by atoms with Crippen LogP contribution in [0.5, 0.6) is 0 Å². The minimum Gasteiger partial charge on any atom is -0.339 e. The summed E-state index contributed by atoms with van der Waals surface area (Å²) < 4.78 is 1.84. The predicted molar refractivity (Wildman–Crippen MR) is 81.6 cm³/mol. The molecular formula is C15H21N5O. The summed E-state index contributed by atoms with van der Waals surface area (Å²) in [7, 11) is 0. The molecule has 2 atom stereocenters. The van der Waals surface area contributed by atoms with Crippen LogP contribution in [0, 0.1) is 5.92 Å². The third kappa shape index (κ3) is 1.88. The number of aromatic amines is 1. The number of aromatic nitrogens is 4. The molecule has 1 saturated heterocycles. The monoisotopic (exact) mass is 287 g/mol. The summed E-state index contributed by atoms with van der Waals surface area (Å²) in [5.74, 6) is 1.48. The number of hydrogen-bond acceptors (Lipinski definition) is 4. The van der Waals surface area contributed by atoms with Gasteiger partial charge in [-0.25, -0.2) is 4.68 Å². The fourth-order valence-corrected chi connectivity index (χ4v) is 3.72. The molecule has 2 fully saturated rings. The summed E-state index contributed by atoms with van der Waals surface area (Å²) in [5, 5.41) is 4.93. The molecule has 1 saturated carbocycles. The first-order valence-corrected chi connectivity index (χ1v) is 7.68. The van der Waals surface area contributed by atoms with Crippen molar-refractivity contribution in [3.63, 3.8) is 0 Å². The van der Waals surface area contributed by atoms with Crippen LogP contribution in [0.3, 0.4) is 0 Å². The van der Waals surface area contributed by atoms with Crippen LogP contribution in [0.2, 0.25) is 0 Å². The Morgan fingerprint density at radius 1 is 1.33 bits per heavy atom. The van der Waals surface area contributed by atoms with E-state index in [1.54, 1.807) is 6.20 Å². The van der Waals surface area contributed by atoms with Crippen LogP contribution in [0.1, 0.15) is 40.0 Å². The summed E-state index contributed by atoms with van der Waals surface area (Å²) >= 11 is 0. The van der Waals surface area contributed by atoms with Crippen molar-refractivity contribution < 1.29 is 0 Å². The molecule has 0 aromatic carbocycles. The highest BCUT2D eigenvalue weighted by Gasteiger charge is 2.39. The van der Waals surface area contributed by atoms with Crippen LogP contribution in [0.4, 0.5) is 5.95 Å². The maximum absolute atomic E-state index is 12.3. The molecule has 2 aromatic rings. The largest absolute Gasteiger partial charge is 0.339 e. The lowest BCUT2D eigenvalue weighted by molar-refractivity contribution is 0.366. The zero-order chi connectivity index (χ0) is 14.8. The minimum absolute atomic E-state index is 0.0896. The standard InChI is InChI=1S/C15H21N5O/c1-15(2,3)20-12-11(7-16-20)13(21)18-14(17-12)19-8-9-4-5-10(19)6-9/h7,9-10H,4-6,8H2,1-3H3,(H,17,18,21)/t9-,10+/m0/s1. The van der Waals surface area contributed by atoms with Gasteiger partial charge < -0.3 is 4.90 Å². The molecule has 2 bridgehead atoms. The van der Waals surface area contributed by atoms with Crippen LogP contribution in [0.15, 0.2) is 11.0 Å². The zero-order valence-electron chi connectivity index (χ0n) is 12.8. The van der Waals surface area contributed by atoms with E-state index in [9.17, 15) is 4.79 Å². The van der Waals surface area contributed by atoms with Gasteiger partial charge in [0.15, 0.2) is 5.65 Å². The van der Waals surface area contributed by atoms with Crippen molar-refractivity contribution >= 4 is 17.0 Å². The van der Waals surface area contributed by atoms with Crippen molar-refractivity contribution in [3.05, 3.63) is 16.6 Å². The molecule has 6 heteroatoms. The Bertz CT molecular complexity index is 753. The molecule has 1 N–H and O–H groups in total. The number of fused-ring (bicyclic) bond motifs is 3. The van der Waals surface area contributed by atoms with Crippen LogP contribution in [-0.4, -0.2) is 32.3 Å². The third-order valence-electron chi connectivity index (χ3n) is 4.74. The lowest BCUT2D eigenvalue weighted by Gasteiger charge is -2.27. The van der Waals surface area contributed by atoms with Gasteiger partial charge in [-0.3, -0.25) is 9.78 Å². The fourth-order valence-electron chi connectivity index (χ4n) is 3.72. The SMILES string of the molecule is CC(C)(C)n1ncc2c(=O)[nH]c(N3C[C@H]4CC[C@@H]3C4)nc21. The number of nitrogens with zero attached hydrogens (tertiary/aromatic N) is 4. The Morgan fingerprint density at radius 3 is 2.76 bits per heavy atom. The second-order valence-electron chi connectivity index (χ2n) is 7.34. The van der Waals surface area contributed by atoms with Crippen molar-refractivity contribution in [2.45, 2.75) is 51.6 Å². The first-order valence-electron chi connectivity index (χ1n) is 7.68. The Kier molecular flexibility index (Phi) is 2.50. The Hall–Kier alpha value is -1.85. The van der Waals surface area contributed by atoms with Gasteiger partial charge in [0.1, 0.15) is 5.39 Å². The molecule has 112 valence electrons. The van der Waals surface area contributed by atoms with Gasteiger partial charge in [-0.1, -0.05) is 0 Å². The summed E-state index contributed by atoms with van der Waals surface area (Å²) in [6.45, 7) is 7.22. The van der Waals surface area contributed by atoms with Crippen molar-refractivity contribution in [3.8, 4) is 0 Å². The van der Waals surface area contributed by atoms with Crippen LogP contribution in [0.25, 0.3) is 11.0 Å². The van der Waals surface area contributed by atoms with E-state index in [0.717, 1.165) is 12.5 Å². The quantitative estimate of drug-likeness (QED) is 0.869. The van der Waals surface area contributed by atoms with Gasteiger partial charge in [0.05, 0.1) is 11.7 Å². The Balaban J connectivity index is 1.86. The van der Waals surface area contributed by atoms with Gasteiger partial charge in [0.2, 0.25) is 5.95 Å². The lowest BCUT2D eigenvalue weighted by atomic mass is 10.1. The van der Waals surface area contributed by atoms with Crippen molar-refractivity contribution in [2.75, 3.05) is 11.4 Å². The molecule has 2 aliphatic rings. The van der Waals surface area contributed by atoms with E-state index >= 15 is 0 Å². The van der Waals surface area contributed by atoms with E-state index in [-0.39, 0.29) is 11.1 Å². The highest BCUT2D eigenvalue weighted by molar-refractivity contribution is 5.74. The van der Waals surface area contributed by atoms with E-state index in [2.05, 4.69) is 35.8 Å². The van der Waals surface area contributed by atoms with E-state index in [1.807, 2.05) is 4.68 Å². The zero-order valence-corrected chi connectivity index (χ0v) is 12.8. The molecule has 2 aromatic heterocycles. The molecule has 0 unspecified atom stereocenters. The van der Waals surface area contributed by atoms with Gasteiger partial charge in [-0.15, -0.1) is 0 Å². The van der Waals surface area contributed by atoms with Gasteiger partial charge in [-0.05, 0) is 46.0 Å². The summed E-state index contributed by atoms with van der Waals surface area (Å²) in [5.41, 5.74) is 0.404. The lowest BCUT2D eigenvalue weighted by Crippen LogP contribution is -2.35. The summed E-state index contributed by atoms with van der Waals surface area (Å²) in [6.07, 6.45) is 5.38. The number of rotatable bonds is 1. The molecule has 3 heterocycles. The van der Waals surface area contributed by atoms with E-state index < -0.39 is 0 Å². The third-order valence-corrected chi connectivity index (χ3v) is 4.74. The summed E-state index contributed by atoms with van der Waals surface area (Å²) in [4.78, 5) is 22.3. The number of hydrogen-bond donors (Lipinski definition) is 1. The minimum atomic E-state index is -0.191. The average Bonchev–Trinajstić information content (AvgIpc) is 3.11. The maximum atomic E-state index is 12.3. The van der Waals surface area contributed by atoms with Gasteiger partial charge in [-0.2, -0.15) is 10.1 Å². The smallest absolute Gasteiger partial charge is 0.263 e. The Morgan fingerprint density at radius 2 is 2.14 bits per heavy atom. The number of nitrogens with one attached hydrogen (secondary N) is 1. The van der Waals surface area contributed by atoms with E-state index in [0.29, 0.717) is 23.0 Å². The van der Waals surface area contributed by atoms with E-state index in [1.165, 1.54) is 19.3 Å². The number of piperidine rings is 1. The van der Waals surface area contributed by atoms with E-state index in [4.69, 9.17) is 4.98 Å². The second kappa shape index (κ2) is 4.08. The summed E-state index contributed by atoms with van der Waals surface area (Å²) in [6, 6.07) is 0.543. The van der Waals surface area contributed by atoms with Crippen molar-refractivity contribution in [1.29, 1.82) is 0 Å². The van der Waals surface area contributed by atoms with Crippen molar-refractivity contribution in [1.82, 2.24) is 19.7 Å². The number of anilines is 1. The first-order chi connectivity index (χ1) is 9.93. The van der Waals surface area contributed by atoms with Gasteiger partial charge >= 0.3 is 0 Å². The molecule has 4 rings (SSSR count). The molecule has 1 aliphatic heterocycles. The maximum Gasteiger partial charge on any atom is 0.263 e. The molecule has 0 amide bonds. The molecule has 1 aliphatic carbocycles. The average molecular weight is 287 g/mol.